The Morgan fingerprint density at radius 1 is 1.03 bits per heavy atom. The summed E-state index contributed by atoms with van der Waals surface area (Å²) in [6.07, 6.45) is 0. The maximum atomic E-state index is 12.7. The molecule has 4 rings (SSSR count). The molecule has 2 heterocycles. The number of aromatic nitrogens is 3. The predicted octanol–water partition coefficient (Wildman–Crippen LogP) is 4.60. The van der Waals surface area contributed by atoms with Crippen LogP contribution in [0.3, 0.4) is 0 Å². The minimum Gasteiger partial charge on any atom is -0.462 e. The highest BCUT2D eigenvalue weighted by Crippen LogP contribution is 2.32. The number of rotatable bonds is 6. The molecule has 0 radical (unpaired) electrons. The Bertz CT molecular complexity index is 1220. The van der Waals surface area contributed by atoms with Crippen molar-refractivity contribution in [1.29, 1.82) is 0 Å². The number of anilines is 1. The van der Waals surface area contributed by atoms with E-state index in [0.717, 1.165) is 16.9 Å². The largest absolute Gasteiger partial charge is 0.462 e. The Hall–Kier alpha value is -3.85. The van der Waals surface area contributed by atoms with Gasteiger partial charge in [-0.3, -0.25) is 10.1 Å². The van der Waals surface area contributed by atoms with Gasteiger partial charge in [0, 0.05) is 16.7 Å². The van der Waals surface area contributed by atoms with E-state index >= 15 is 0 Å². The molecule has 0 atom stereocenters. The molecule has 0 fully saturated rings. The van der Waals surface area contributed by atoms with Crippen molar-refractivity contribution in [1.82, 2.24) is 15.1 Å². The number of carbonyl (C=O) groups is 2. The lowest BCUT2D eigenvalue weighted by Gasteiger charge is -2.02. The highest BCUT2D eigenvalue weighted by Gasteiger charge is 2.22. The molecule has 0 unspecified atom stereocenters. The number of benzene rings is 2. The third kappa shape index (κ3) is 4.51. The first kappa shape index (κ1) is 20.4. The van der Waals surface area contributed by atoms with E-state index in [1.54, 1.807) is 38.1 Å². The fourth-order valence-corrected chi connectivity index (χ4v) is 3.72. The van der Waals surface area contributed by atoms with Crippen molar-refractivity contribution in [3.8, 4) is 22.7 Å². The molecule has 0 aliphatic heterocycles. The Balaban J connectivity index is 1.57. The molecule has 9 heteroatoms. The molecule has 2 aromatic heterocycles. The van der Waals surface area contributed by atoms with Gasteiger partial charge in [-0.15, -0.1) is 0 Å². The normalized spacial score (nSPS) is 10.6. The van der Waals surface area contributed by atoms with Crippen LogP contribution in [0, 0.1) is 6.92 Å². The van der Waals surface area contributed by atoms with E-state index in [-0.39, 0.29) is 12.5 Å². The van der Waals surface area contributed by atoms with Crippen molar-refractivity contribution in [3.63, 3.8) is 0 Å². The molecule has 0 saturated carbocycles. The summed E-state index contributed by atoms with van der Waals surface area (Å²) < 4.78 is 10.3. The smallest absolute Gasteiger partial charge is 0.350 e. The summed E-state index contributed by atoms with van der Waals surface area (Å²) in [4.78, 5) is 34.1. The number of hydrogen-bond acceptors (Lipinski definition) is 8. The van der Waals surface area contributed by atoms with Gasteiger partial charge >= 0.3 is 5.97 Å². The molecule has 0 aliphatic rings. The molecule has 0 bridgehead atoms. The van der Waals surface area contributed by atoms with Crippen LogP contribution in [0.1, 0.15) is 32.8 Å². The molecule has 0 aliphatic carbocycles. The second-order valence-corrected chi connectivity index (χ2v) is 7.46. The third-order valence-electron chi connectivity index (χ3n) is 4.28. The Morgan fingerprint density at radius 3 is 2.42 bits per heavy atom. The molecule has 156 valence electrons. The average Bonchev–Trinajstić information content (AvgIpc) is 3.41. The van der Waals surface area contributed by atoms with Crippen LogP contribution in [0.2, 0.25) is 0 Å². The van der Waals surface area contributed by atoms with Crippen LogP contribution in [0.5, 0.6) is 0 Å². The third-order valence-corrected chi connectivity index (χ3v) is 5.23. The highest BCUT2D eigenvalue weighted by atomic mass is 32.1. The second-order valence-electron chi connectivity index (χ2n) is 6.46. The number of aryl methyl sites for hydroxylation is 1. The maximum absolute atomic E-state index is 12.7. The summed E-state index contributed by atoms with van der Waals surface area (Å²) in [6, 6.07) is 16.0. The first-order valence-corrected chi connectivity index (χ1v) is 10.3. The van der Waals surface area contributed by atoms with E-state index in [1.807, 2.05) is 30.3 Å². The number of nitrogens with zero attached hydrogens (tertiary/aromatic N) is 3. The van der Waals surface area contributed by atoms with Crippen LogP contribution in [-0.4, -0.2) is 33.6 Å². The van der Waals surface area contributed by atoms with Crippen molar-refractivity contribution < 1.29 is 18.8 Å². The van der Waals surface area contributed by atoms with Crippen LogP contribution < -0.4 is 5.32 Å². The van der Waals surface area contributed by atoms with E-state index in [0.29, 0.717) is 38.5 Å². The number of thiazole rings is 1. The molecule has 1 amide bonds. The quantitative estimate of drug-likeness (QED) is 0.442. The first-order chi connectivity index (χ1) is 15.0. The lowest BCUT2D eigenvalue weighted by molar-refractivity contribution is 0.0532. The number of carbonyl (C=O) groups excluding carboxylic acids is 2. The van der Waals surface area contributed by atoms with E-state index < -0.39 is 5.97 Å². The zero-order valence-electron chi connectivity index (χ0n) is 16.8. The van der Waals surface area contributed by atoms with Gasteiger partial charge in [-0.05, 0) is 38.1 Å². The SMILES string of the molecule is CCOC(=O)c1sc(NC(=O)c2ccc(-c3nc(C)no3)cc2)nc1-c1ccccc1. The minimum atomic E-state index is -0.474. The summed E-state index contributed by atoms with van der Waals surface area (Å²) >= 11 is 1.08. The van der Waals surface area contributed by atoms with Crippen molar-refractivity contribution >= 4 is 28.3 Å². The van der Waals surface area contributed by atoms with E-state index in [4.69, 9.17) is 9.26 Å². The van der Waals surface area contributed by atoms with E-state index in [2.05, 4.69) is 20.4 Å². The summed E-state index contributed by atoms with van der Waals surface area (Å²) in [5.74, 6) is 0.0961. The first-order valence-electron chi connectivity index (χ1n) is 9.50. The van der Waals surface area contributed by atoms with E-state index in [9.17, 15) is 9.59 Å². The predicted molar refractivity (Wildman–Crippen MR) is 116 cm³/mol. The summed E-state index contributed by atoms with van der Waals surface area (Å²) in [6.45, 7) is 3.72. The molecule has 4 aromatic rings. The standard InChI is InChI=1S/C22H18N4O4S/c1-3-29-21(28)18-17(14-7-5-4-6-8-14)24-22(31-18)25-19(27)15-9-11-16(12-10-15)20-23-13(2)26-30-20/h4-12H,3H2,1-2H3,(H,24,25,27). The fourth-order valence-electron chi connectivity index (χ4n) is 2.85. The van der Waals surface area contributed by atoms with Crippen molar-refractivity contribution in [2.45, 2.75) is 13.8 Å². The summed E-state index contributed by atoms with van der Waals surface area (Å²) in [5, 5.41) is 6.83. The highest BCUT2D eigenvalue weighted by molar-refractivity contribution is 7.18. The van der Waals surface area contributed by atoms with Crippen molar-refractivity contribution in [2.24, 2.45) is 0 Å². The van der Waals surface area contributed by atoms with Crippen LogP contribution >= 0.6 is 11.3 Å². The van der Waals surface area contributed by atoms with Gasteiger partial charge in [0.2, 0.25) is 0 Å². The number of nitrogens with one attached hydrogen (secondary N) is 1. The van der Waals surface area contributed by atoms with Gasteiger partial charge < -0.3 is 9.26 Å². The van der Waals surface area contributed by atoms with Gasteiger partial charge in [0.05, 0.1) is 12.3 Å². The monoisotopic (exact) mass is 434 g/mol. The summed E-state index contributed by atoms with van der Waals surface area (Å²) in [5.41, 5.74) is 2.37. The van der Waals surface area contributed by atoms with Gasteiger partial charge in [-0.2, -0.15) is 4.98 Å². The van der Waals surface area contributed by atoms with Gasteiger partial charge in [-0.1, -0.05) is 46.8 Å². The zero-order chi connectivity index (χ0) is 21.8. The van der Waals surface area contributed by atoms with E-state index in [1.165, 1.54) is 0 Å². The Kier molecular flexibility index (Phi) is 5.85. The Labute approximate surface area is 181 Å². The number of amides is 1. The zero-order valence-corrected chi connectivity index (χ0v) is 17.6. The Morgan fingerprint density at radius 2 is 1.77 bits per heavy atom. The molecular formula is C22H18N4O4S. The van der Waals surface area contributed by atoms with Crippen molar-refractivity contribution in [2.75, 3.05) is 11.9 Å². The molecular weight excluding hydrogens is 416 g/mol. The number of hydrogen-bond donors (Lipinski definition) is 1. The summed E-state index contributed by atoms with van der Waals surface area (Å²) in [7, 11) is 0. The molecule has 8 nitrogen and oxygen atoms in total. The second kappa shape index (κ2) is 8.88. The minimum absolute atomic E-state index is 0.249. The number of esters is 1. The average molecular weight is 434 g/mol. The van der Waals surface area contributed by atoms with Crippen LogP contribution in [-0.2, 0) is 4.74 Å². The molecule has 0 saturated heterocycles. The fraction of sp³-hybridized carbons (Fsp3) is 0.136. The van der Waals surface area contributed by atoms with Crippen molar-refractivity contribution in [3.05, 3.63) is 70.9 Å². The van der Waals surface area contributed by atoms with Gasteiger partial charge in [-0.25, -0.2) is 9.78 Å². The van der Waals surface area contributed by atoms with Crippen LogP contribution in [0.15, 0.2) is 59.1 Å². The molecule has 31 heavy (non-hydrogen) atoms. The molecule has 2 aromatic carbocycles. The van der Waals surface area contributed by atoms with Crippen LogP contribution in [0.25, 0.3) is 22.7 Å². The lowest BCUT2D eigenvalue weighted by Crippen LogP contribution is -2.11. The maximum Gasteiger partial charge on any atom is 0.350 e. The van der Waals surface area contributed by atoms with Gasteiger partial charge in [0.25, 0.3) is 11.8 Å². The van der Waals surface area contributed by atoms with Gasteiger partial charge in [0.1, 0.15) is 4.88 Å². The van der Waals surface area contributed by atoms with Crippen LogP contribution in [0.4, 0.5) is 5.13 Å². The molecule has 1 N–H and O–H groups in total. The topological polar surface area (TPSA) is 107 Å². The number of ether oxygens (including phenoxy) is 1. The molecule has 0 spiro atoms. The van der Waals surface area contributed by atoms with Gasteiger partial charge in [0.15, 0.2) is 11.0 Å². The lowest BCUT2D eigenvalue weighted by atomic mass is 10.1.